The number of likely N-dealkylation sites (N-methyl/N-ethyl adjacent to an activating group) is 1. The Labute approximate surface area is 136 Å². The van der Waals surface area contributed by atoms with E-state index in [4.69, 9.17) is 9.57 Å². The van der Waals surface area contributed by atoms with Crippen LogP contribution in [0.5, 0.6) is 5.75 Å². The maximum absolute atomic E-state index is 12.8. The normalized spacial score (nSPS) is 25.0. The fourth-order valence-corrected chi connectivity index (χ4v) is 2.94. The van der Waals surface area contributed by atoms with Gasteiger partial charge in [-0.05, 0) is 43.8 Å². The molecule has 2 heterocycles. The Morgan fingerprint density at radius 2 is 1.87 bits per heavy atom. The second-order valence-electron chi connectivity index (χ2n) is 6.36. The Hall–Kier alpha value is -2.08. The lowest BCUT2D eigenvalue weighted by Gasteiger charge is -2.36. The van der Waals surface area contributed by atoms with Gasteiger partial charge in [-0.25, -0.2) is 0 Å². The lowest BCUT2D eigenvalue weighted by molar-refractivity contribution is -0.154. The van der Waals surface area contributed by atoms with Gasteiger partial charge in [0.05, 0.1) is 12.8 Å². The highest BCUT2D eigenvalue weighted by Crippen LogP contribution is 2.29. The van der Waals surface area contributed by atoms with Crippen LogP contribution in [0.25, 0.3) is 0 Å². The molecule has 0 spiro atoms. The molecule has 1 amide bonds. The molecule has 1 saturated heterocycles. The first-order valence-corrected chi connectivity index (χ1v) is 7.89. The Morgan fingerprint density at radius 1 is 1.22 bits per heavy atom. The van der Waals surface area contributed by atoms with Crippen LogP contribution < -0.4 is 4.74 Å². The van der Waals surface area contributed by atoms with Gasteiger partial charge in [-0.1, -0.05) is 5.16 Å². The topological polar surface area (TPSA) is 54.4 Å². The zero-order valence-electron chi connectivity index (χ0n) is 13.9. The van der Waals surface area contributed by atoms with E-state index in [1.165, 1.54) is 0 Å². The Balaban J connectivity index is 1.67. The summed E-state index contributed by atoms with van der Waals surface area (Å²) in [7, 11) is 3.71. The first-order valence-electron chi connectivity index (χ1n) is 7.89. The van der Waals surface area contributed by atoms with Gasteiger partial charge < -0.3 is 19.4 Å². The molecule has 23 heavy (non-hydrogen) atoms. The molecule has 3 rings (SSSR count). The highest BCUT2D eigenvalue weighted by atomic mass is 16.7. The molecule has 6 nitrogen and oxygen atoms in total. The minimum Gasteiger partial charge on any atom is -0.497 e. The molecule has 0 saturated carbocycles. The van der Waals surface area contributed by atoms with Gasteiger partial charge >= 0.3 is 0 Å². The third-order valence-electron chi connectivity index (χ3n) is 4.53. The third-order valence-corrected chi connectivity index (χ3v) is 4.53. The van der Waals surface area contributed by atoms with Crippen molar-refractivity contribution in [2.75, 3.05) is 40.3 Å². The van der Waals surface area contributed by atoms with E-state index in [-0.39, 0.29) is 5.91 Å². The van der Waals surface area contributed by atoms with Crippen LogP contribution in [0.2, 0.25) is 0 Å². The SMILES string of the molecule is COc1ccc(C2=NO[C@@](C)(C(=O)N3CCN(C)CC3)C2)cc1. The number of methoxy groups -OCH3 is 1. The Kier molecular flexibility index (Phi) is 4.26. The summed E-state index contributed by atoms with van der Waals surface area (Å²) in [6, 6.07) is 7.64. The van der Waals surface area contributed by atoms with Crippen LogP contribution in [0.3, 0.4) is 0 Å². The number of oxime groups is 1. The molecular weight excluding hydrogens is 294 g/mol. The van der Waals surface area contributed by atoms with Crippen LogP contribution in [-0.4, -0.2) is 67.4 Å². The summed E-state index contributed by atoms with van der Waals surface area (Å²) >= 11 is 0. The summed E-state index contributed by atoms with van der Waals surface area (Å²) in [5.41, 5.74) is 0.865. The number of carbonyl (C=O) groups excluding carboxylic acids is 1. The van der Waals surface area contributed by atoms with E-state index < -0.39 is 5.60 Å². The number of ether oxygens (including phenoxy) is 1. The maximum atomic E-state index is 12.8. The predicted octanol–water partition coefficient (Wildman–Crippen LogP) is 1.35. The molecule has 0 radical (unpaired) electrons. The molecule has 0 unspecified atom stereocenters. The zero-order chi connectivity index (χ0) is 16.4. The number of piperazine rings is 1. The minimum atomic E-state index is -0.898. The molecule has 2 aliphatic rings. The highest BCUT2D eigenvalue weighted by molar-refractivity contribution is 6.05. The quantitative estimate of drug-likeness (QED) is 0.844. The van der Waals surface area contributed by atoms with E-state index in [9.17, 15) is 4.79 Å². The number of hydrogen-bond donors (Lipinski definition) is 0. The number of amides is 1. The largest absolute Gasteiger partial charge is 0.497 e. The number of rotatable bonds is 3. The van der Waals surface area contributed by atoms with Crippen LogP contribution in [0.15, 0.2) is 29.4 Å². The molecule has 0 bridgehead atoms. The summed E-state index contributed by atoms with van der Waals surface area (Å²) in [6.07, 6.45) is 0.491. The molecule has 6 heteroatoms. The zero-order valence-corrected chi connectivity index (χ0v) is 13.9. The fraction of sp³-hybridized carbons (Fsp3) is 0.529. The van der Waals surface area contributed by atoms with Crippen LogP contribution in [-0.2, 0) is 9.63 Å². The van der Waals surface area contributed by atoms with Crippen molar-refractivity contribution in [3.8, 4) is 5.75 Å². The smallest absolute Gasteiger partial charge is 0.269 e. The van der Waals surface area contributed by atoms with Gasteiger partial charge in [0.1, 0.15) is 5.75 Å². The molecule has 0 N–H and O–H groups in total. The summed E-state index contributed by atoms with van der Waals surface area (Å²) in [5, 5.41) is 4.16. The highest BCUT2D eigenvalue weighted by Gasteiger charge is 2.45. The van der Waals surface area contributed by atoms with Gasteiger partial charge in [-0.3, -0.25) is 4.79 Å². The van der Waals surface area contributed by atoms with E-state index in [1.807, 2.05) is 36.1 Å². The average molecular weight is 317 g/mol. The van der Waals surface area contributed by atoms with Crippen molar-refractivity contribution < 1.29 is 14.4 Å². The monoisotopic (exact) mass is 317 g/mol. The van der Waals surface area contributed by atoms with Crippen molar-refractivity contribution in [2.45, 2.75) is 18.9 Å². The van der Waals surface area contributed by atoms with Crippen molar-refractivity contribution >= 4 is 11.6 Å². The number of nitrogens with zero attached hydrogens (tertiary/aromatic N) is 3. The fourth-order valence-electron chi connectivity index (χ4n) is 2.94. The van der Waals surface area contributed by atoms with Crippen LogP contribution in [0, 0.1) is 0 Å². The minimum absolute atomic E-state index is 0.0258. The van der Waals surface area contributed by atoms with Gasteiger partial charge in [0.25, 0.3) is 5.91 Å². The third kappa shape index (κ3) is 3.17. The molecule has 1 fully saturated rings. The molecule has 0 aliphatic carbocycles. The number of benzene rings is 1. The van der Waals surface area contributed by atoms with Crippen molar-refractivity contribution in [1.82, 2.24) is 9.80 Å². The van der Waals surface area contributed by atoms with Crippen molar-refractivity contribution in [2.24, 2.45) is 5.16 Å². The lowest BCUT2D eigenvalue weighted by Crippen LogP contribution is -2.54. The van der Waals surface area contributed by atoms with Gasteiger partial charge in [-0.2, -0.15) is 0 Å². The summed E-state index contributed by atoms with van der Waals surface area (Å²) in [4.78, 5) is 22.5. The van der Waals surface area contributed by atoms with E-state index in [0.717, 1.165) is 43.2 Å². The first-order chi connectivity index (χ1) is 11.0. The van der Waals surface area contributed by atoms with Gasteiger partial charge in [-0.15, -0.1) is 0 Å². The molecule has 1 aromatic carbocycles. The standard InChI is InChI=1S/C17H23N3O3/c1-17(16(21)20-10-8-19(2)9-11-20)12-15(18-23-17)13-4-6-14(22-3)7-5-13/h4-7H,8-12H2,1-3H3/t17-/m1/s1. The molecule has 2 aliphatic heterocycles. The van der Waals surface area contributed by atoms with Gasteiger partial charge in [0.2, 0.25) is 5.60 Å². The second kappa shape index (κ2) is 6.20. The molecule has 1 aromatic rings. The van der Waals surface area contributed by atoms with E-state index in [2.05, 4.69) is 17.1 Å². The molecular formula is C17H23N3O3. The van der Waals surface area contributed by atoms with E-state index >= 15 is 0 Å². The first kappa shape index (κ1) is 15.8. The summed E-state index contributed by atoms with van der Waals surface area (Å²) in [6.45, 7) is 5.11. The molecule has 1 atom stereocenters. The average Bonchev–Trinajstić information content (AvgIpc) is 2.99. The van der Waals surface area contributed by atoms with E-state index in [0.29, 0.717) is 6.42 Å². The van der Waals surface area contributed by atoms with Crippen LogP contribution in [0.1, 0.15) is 18.9 Å². The Morgan fingerprint density at radius 3 is 2.48 bits per heavy atom. The van der Waals surface area contributed by atoms with Gasteiger partial charge in [0.15, 0.2) is 0 Å². The van der Waals surface area contributed by atoms with Crippen molar-refractivity contribution in [3.05, 3.63) is 29.8 Å². The molecule has 124 valence electrons. The maximum Gasteiger partial charge on any atom is 0.269 e. The summed E-state index contributed by atoms with van der Waals surface area (Å²) < 4.78 is 5.16. The van der Waals surface area contributed by atoms with Crippen molar-refractivity contribution in [3.63, 3.8) is 0 Å². The number of carbonyl (C=O) groups is 1. The Bertz CT molecular complexity index is 606. The second-order valence-corrected chi connectivity index (χ2v) is 6.36. The molecule has 0 aromatic heterocycles. The van der Waals surface area contributed by atoms with Gasteiger partial charge in [0, 0.05) is 32.6 Å². The lowest BCUT2D eigenvalue weighted by atomic mass is 9.94. The van der Waals surface area contributed by atoms with Crippen LogP contribution in [0.4, 0.5) is 0 Å². The predicted molar refractivity (Wildman–Crippen MR) is 87.7 cm³/mol. The van der Waals surface area contributed by atoms with Crippen molar-refractivity contribution in [1.29, 1.82) is 0 Å². The van der Waals surface area contributed by atoms with Crippen LogP contribution >= 0.6 is 0 Å². The summed E-state index contributed by atoms with van der Waals surface area (Å²) in [5.74, 6) is 0.822. The van der Waals surface area contributed by atoms with E-state index in [1.54, 1.807) is 7.11 Å². The number of hydrogen-bond acceptors (Lipinski definition) is 5.